The van der Waals surface area contributed by atoms with Crippen molar-refractivity contribution in [1.29, 1.82) is 0 Å². The number of hydrogen-bond acceptors (Lipinski definition) is 4. The quantitative estimate of drug-likeness (QED) is 0.771. The number of carbonyl (C=O) groups excluding carboxylic acids is 3. The van der Waals surface area contributed by atoms with Crippen LogP contribution in [0, 0.1) is 17.7 Å². The van der Waals surface area contributed by atoms with Crippen molar-refractivity contribution in [2.45, 2.75) is 19.3 Å². The summed E-state index contributed by atoms with van der Waals surface area (Å²) < 4.78 is 14.1. The van der Waals surface area contributed by atoms with Gasteiger partial charge in [0.2, 0.25) is 17.7 Å². The Kier molecular flexibility index (Phi) is 5.88. The van der Waals surface area contributed by atoms with E-state index in [1.165, 1.54) is 11.0 Å². The lowest BCUT2D eigenvalue weighted by Crippen LogP contribution is -2.39. The van der Waals surface area contributed by atoms with Gasteiger partial charge in [0, 0.05) is 32.0 Å². The van der Waals surface area contributed by atoms with Crippen LogP contribution < -0.4 is 20.9 Å². The van der Waals surface area contributed by atoms with Crippen molar-refractivity contribution in [1.82, 2.24) is 0 Å². The Morgan fingerprint density at radius 2 is 1.61 bits per heavy atom. The molecule has 1 atom stereocenters. The predicted octanol–water partition coefficient (Wildman–Crippen LogP) is 2.52. The maximum atomic E-state index is 14.1. The summed E-state index contributed by atoms with van der Waals surface area (Å²) in [4.78, 5) is 40.2. The molecular formula is C23H25FN4O3. The topological polar surface area (TPSA) is 95.7 Å². The number of carbonyl (C=O) groups is 3. The van der Waals surface area contributed by atoms with Gasteiger partial charge in [-0.05, 0) is 37.1 Å². The first-order valence-electron chi connectivity index (χ1n) is 10.4. The van der Waals surface area contributed by atoms with Gasteiger partial charge in [-0.3, -0.25) is 14.4 Å². The lowest BCUT2D eigenvalue weighted by atomic mass is 9.96. The maximum absolute atomic E-state index is 14.1. The summed E-state index contributed by atoms with van der Waals surface area (Å²) in [6, 6.07) is 13.5. The van der Waals surface area contributed by atoms with Crippen LogP contribution in [0.15, 0.2) is 48.5 Å². The van der Waals surface area contributed by atoms with E-state index in [0.29, 0.717) is 31.6 Å². The van der Waals surface area contributed by atoms with E-state index in [4.69, 9.17) is 5.73 Å². The largest absolute Gasteiger partial charge is 0.370 e. The number of halogens is 1. The van der Waals surface area contributed by atoms with Crippen LogP contribution >= 0.6 is 0 Å². The van der Waals surface area contributed by atoms with Crippen molar-refractivity contribution in [3.05, 3.63) is 54.3 Å². The predicted molar refractivity (Wildman–Crippen MR) is 116 cm³/mol. The molecular weight excluding hydrogens is 399 g/mol. The maximum Gasteiger partial charge on any atom is 0.229 e. The lowest BCUT2D eigenvalue weighted by Gasteiger charge is -2.33. The van der Waals surface area contributed by atoms with Crippen LogP contribution in [0.1, 0.15) is 19.3 Å². The molecule has 2 aliphatic rings. The molecule has 0 saturated carbocycles. The van der Waals surface area contributed by atoms with Crippen LogP contribution in [-0.4, -0.2) is 37.4 Å². The summed E-state index contributed by atoms with van der Waals surface area (Å²) in [7, 11) is 0. The fourth-order valence-corrected chi connectivity index (χ4v) is 4.28. The fraction of sp³-hybridized carbons (Fsp3) is 0.348. The van der Waals surface area contributed by atoms with Gasteiger partial charge < -0.3 is 20.9 Å². The standard InChI is InChI=1S/C23H25FN4O3/c24-17-5-1-3-7-19(17)28-14-16(13-21(28)29)23(31)26-18-6-2-4-8-20(18)27-11-9-15(10-12-27)22(25)30/h1-8,15-16H,9-14H2,(H2,25,30)(H,26,31). The molecule has 1 unspecified atom stereocenters. The van der Waals surface area contributed by atoms with Crippen LogP contribution in [-0.2, 0) is 14.4 Å². The summed E-state index contributed by atoms with van der Waals surface area (Å²) in [5.74, 6) is -1.99. The third-order valence-corrected chi connectivity index (χ3v) is 6.04. The molecule has 3 amide bonds. The molecule has 0 aromatic heterocycles. The highest BCUT2D eigenvalue weighted by atomic mass is 19.1. The average molecular weight is 424 g/mol. The molecule has 0 aliphatic carbocycles. The first kappa shape index (κ1) is 20.8. The van der Waals surface area contributed by atoms with Crippen LogP contribution in [0.2, 0.25) is 0 Å². The minimum Gasteiger partial charge on any atom is -0.370 e. The highest BCUT2D eigenvalue weighted by Crippen LogP contribution is 2.32. The molecule has 2 heterocycles. The number of anilines is 3. The van der Waals surface area contributed by atoms with E-state index in [2.05, 4.69) is 10.2 Å². The second-order valence-corrected chi connectivity index (χ2v) is 8.03. The zero-order valence-electron chi connectivity index (χ0n) is 17.1. The Morgan fingerprint density at radius 3 is 2.29 bits per heavy atom. The SMILES string of the molecule is NC(=O)C1CCN(c2ccccc2NC(=O)C2CC(=O)N(c3ccccc3F)C2)CC1. The molecule has 2 aromatic rings. The number of para-hydroxylation sites is 3. The molecule has 3 N–H and O–H groups in total. The van der Waals surface area contributed by atoms with Crippen LogP contribution in [0.3, 0.4) is 0 Å². The molecule has 8 heteroatoms. The lowest BCUT2D eigenvalue weighted by molar-refractivity contribution is -0.122. The number of benzene rings is 2. The Morgan fingerprint density at radius 1 is 0.968 bits per heavy atom. The molecule has 0 spiro atoms. The van der Waals surface area contributed by atoms with Gasteiger partial charge in [0.05, 0.1) is 23.0 Å². The Bertz CT molecular complexity index is 1000. The van der Waals surface area contributed by atoms with Crippen molar-refractivity contribution in [2.75, 3.05) is 34.8 Å². The van der Waals surface area contributed by atoms with Gasteiger partial charge in [-0.1, -0.05) is 24.3 Å². The molecule has 4 rings (SSSR count). The van der Waals surface area contributed by atoms with Crippen molar-refractivity contribution in [3.63, 3.8) is 0 Å². The van der Waals surface area contributed by atoms with Gasteiger partial charge in [0.15, 0.2) is 0 Å². The van der Waals surface area contributed by atoms with E-state index in [1.807, 2.05) is 24.3 Å². The third kappa shape index (κ3) is 4.38. The summed E-state index contributed by atoms with van der Waals surface area (Å²) in [5, 5.41) is 2.95. The highest BCUT2D eigenvalue weighted by molar-refractivity contribution is 6.04. The van der Waals surface area contributed by atoms with E-state index >= 15 is 0 Å². The van der Waals surface area contributed by atoms with Gasteiger partial charge in [-0.15, -0.1) is 0 Å². The molecule has 2 aliphatic heterocycles. The summed E-state index contributed by atoms with van der Waals surface area (Å²) in [6.07, 6.45) is 1.38. The number of nitrogens with zero attached hydrogens (tertiary/aromatic N) is 2. The van der Waals surface area contributed by atoms with Gasteiger partial charge in [-0.2, -0.15) is 0 Å². The molecule has 31 heavy (non-hydrogen) atoms. The second-order valence-electron chi connectivity index (χ2n) is 8.03. The first-order valence-corrected chi connectivity index (χ1v) is 10.4. The van der Waals surface area contributed by atoms with E-state index in [-0.39, 0.29) is 42.3 Å². The molecule has 0 bridgehead atoms. The van der Waals surface area contributed by atoms with E-state index in [0.717, 1.165) is 5.69 Å². The molecule has 7 nitrogen and oxygen atoms in total. The average Bonchev–Trinajstić information content (AvgIpc) is 3.16. The number of nitrogens with one attached hydrogen (secondary N) is 1. The number of nitrogens with two attached hydrogens (primary N) is 1. The van der Waals surface area contributed by atoms with Crippen molar-refractivity contribution in [2.24, 2.45) is 17.6 Å². The minimum atomic E-state index is -0.569. The van der Waals surface area contributed by atoms with Crippen molar-refractivity contribution < 1.29 is 18.8 Å². The van der Waals surface area contributed by atoms with Gasteiger partial charge >= 0.3 is 0 Å². The number of hydrogen-bond donors (Lipinski definition) is 2. The number of amides is 3. The smallest absolute Gasteiger partial charge is 0.229 e. The Labute approximate surface area is 180 Å². The van der Waals surface area contributed by atoms with Crippen LogP contribution in [0.4, 0.5) is 21.5 Å². The normalized spacial score (nSPS) is 19.5. The van der Waals surface area contributed by atoms with Gasteiger partial charge in [-0.25, -0.2) is 4.39 Å². The fourth-order valence-electron chi connectivity index (χ4n) is 4.28. The third-order valence-electron chi connectivity index (χ3n) is 6.04. The Hall–Kier alpha value is -3.42. The number of rotatable bonds is 5. The van der Waals surface area contributed by atoms with E-state index in [1.54, 1.807) is 18.2 Å². The van der Waals surface area contributed by atoms with Gasteiger partial charge in [0.1, 0.15) is 5.82 Å². The first-order chi connectivity index (χ1) is 14.9. The summed E-state index contributed by atoms with van der Waals surface area (Å²) in [6.45, 7) is 1.48. The van der Waals surface area contributed by atoms with E-state index in [9.17, 15) is 18.8 Å². The zero-order chi connectivity index (χ0) is 22.0. The van der Waals surface area contributed by atoms with Crippen LogP contribution in [0.5, 0.6) is 0 Å². The monoisotopic (exact) mass is 424 g/mol. The molecule has 2 saturated heterocycles. The number of primary amides is 1. The zero-order valence-corrected chi connectivity index (χ0v) is 17.1. The van der Waals surface area contributed by atoms with Gasteiger partial charge in [0.25, 0.3) is 0 Å². The summed E-state index contributed by atoms with van der Waals surface area (Å²) >= 11 is 0. The van der Waals surface area contributed by atoms with Crippen LogP contribution in [0.25, 0.3) is 0 Å². The molecule has 2 fully saturated rings. The highest BCUT2D eigenvalue weighted by Gasteiger charge is 2.36. The minimum absolute atomic E-state index is 0.0341. The summed E-state index contributed by atoms with van der Waals surface area (Å²) in [5.41, 5.74) is 7.14. The second kappa shape index (κ2) is 8.75. The molecule has 2 aromatic carbocycles. The molecule has 0 radical (unpaired) electrons. The molecule has 162 valence electrons. The number of piperidine rings is 1. The van der Waals surface area contributed by atoms with Crippen molar-refractivity contribution >= 4 is 34.8 Å². The van der Waals surface area contributed by atoms with E-state index < -0.39 is 11.7 Å². The van der Waals surface area contributed by atoms with Crippen molar-refractivity contribution in [3.8, 4) is 0 Å². The Balaban J connectivity index is 1.45.